The van der Waals surface area contributed by atoms with Crippen LogP contribution in [-0.2, 0) is 14.3 Å². The van der Waals surface area contributed by atoms with Crippen molar-refractivity contribution in [3.63, 3.8) is 0 Å². The fourth-order valence-electron chi connectivity index (χ4n) is 1.20. The van der Waals surface area contributed by atoms with E-state index in [0.29, 0.717) is 10.9 Å². The Labute approximate surface area is 106 Å². The molecule has 0 aliphatic rings. The molecule has 1 unspecified atom stereocenters. The average molecular weight is 301 g/mol. The summed E-state index contributed by atoms with van der Waals surface area (Å²) in [6.07, 6.45) is -0.794. The van der Waals surface area contributed by atoms with Crippen molar-refractivity contribution >= 4 is 26.9 Å². The number of methoxy groups -OCH3 is 1. The molecule has 0 saturated carbocycles. The van der Waals surface area contributed by atoms with Crippen LogP contribution in [0.5, 0.6) is 0 Å². The van der Waals surface area contributed by atoms with Crippen LogP contribution in [0.25, 0.3) is 0 Å². The van der Waals surface area contributed by atoms with Gasteiger partial charge in [-0.2, -0.15) is 0 Å². The Morgan fingerprint density at radius 2 is 1.94 bits per heavy atom. The average Bonchev–Trinajstić information content (AvgIpc) is 2.38. The number of hydrogen-bond donors (Lipinski definition) is 0. The van der Waals surface area contributed by atoms with E-state index in [1.54, 1.807) is 24.3 Å². The summed E-state index contributed by atoms with van der Waals surface area (Å²) in [5, 5.41) is 0.526. The summed E-state index contributed by atoms with van der Waals surface area (Å²) < 4.78 is 9.73. The molecular formula is C12H14O4Se. The standard InChI is InChI=1S/C12H14O4Se/c1-15-12(14)10(8-17-2)16-11(13)9-6-4-3-5-7-9/h3-7,10H,8H2,1-2H3. The summed E-state index contributed by atoms with van der Waals surface area (Å²) in [7, 11) is 1.29. The third-order valence-electron chi connectivity index (χ3n) is 2.04. The maximum absolute atomic E-state index is 11.7. The van der Waals surface area contributed by atoms with Crippen molar-refractivity contribution in [3.8, 4) is 0 Å². The first-order valence-electron chi connectivity index (χ1n) is 5.01. The third-order valence-corrected chi connectivity index (χ3v) is 3.38. The minimum atomic E-state index is -0.794. The molecule has 0 radical (unpaired) electrons. The summed E-state index contributed by atoms with van der Waals surface area (Å²) in [4.78, 5) is 23.1. The summed E-state index contributed by atoms with van der Waals surface area (Å²) >= 11 is 0.232. The quantitative estimate of drug-likeness (QED) is 0.612. The Morgan fingerprint density at radius 1 is 1.29 bits per heavy atom. The predicted octanol–water partition coefficient (Wildman–Crippen LogP) is 1.56. The molecule has 1 aromatic carbocycles. The predicted molar refractivity (Wildman–Crippen MR) is 64.1 cm³/mol. The third kappa shape index (κ3) is 4.21. The maximum atomic E-state index is 11.7. The molecule has 1 rings (SSSR count). The van der Waals surface area contributed by atoms with Crippen molar-refractivity contribution in [1.29, 1.82) is 0 Å². The number of hydrogen-bond acceptors (Lipinski definition) is 4. The van der Waals surface area contributed by atoms with Gasteiger partial charge in [0.25, 0.3) is 0 Å². The van der Waals surface area contributed by atoms with Crippen LogP contribution in [-0.4, -0.2) is 40.1 Å². The van der Waals surface area contributed by atoms with E-state index in [-0.39, 0.29) is 15.0 Å². The van der Waals surface area contributed by atoms with Gasteiger partial charge in [-0.1, -0.05) is 0 Å². The normalized spacial score (nSPS) is 11.6. The van der Waals surface area contributed by atoms with E-state index >= 15 is 0 Å². The Morgan fingerprint density at radius 3 is 2.47 bits per heavy atom. The molecule has 0 aliphatic heterocycles. The van der Waals surface area contributed by atoms with Gasteiger partial charge in [0.2, 0.25) is 0 Å². The van der Waals surface area contributed by atoms with Gasteiger partial charge < -0.3 is 0 Å². The van der Waals surface area contributed by atoms with Crippen molar-refractivity contribution in [2.75, 3.05) is 7.11 Å². The van der Waals surface area contributed by atoms with Crippen molar-refractivity contribution in [2.24, 2.45) is 0 Å². The van der Waals surface area contributed by atoms with Gasteiger partial charge in [-0.3, -0.25) is 0 Å². The molecule has 0 bridgehead atoms. The van der Waals surface area contributed by atoms with Crippen LogP contribution in [0.4, 0.5) is 0 Å². The second-order valence-corrected chi connectivity index (χ2v) is 5.15. The van der Waals surface area contributed by atoms with Crippen molar-refractivity contribution in [3.05, 3.63) is 35.9 Å². The molecule has 1 atom stereocenters. The fourth-order valence-corrected chi connectivity index (χ4v) is 2.27. The van der Waals surface area contributed by atoms with E-state index in [9.17, 15) is 9.59 Å². The van der Waals surface area contributed by atoms with E-state index in [2.05, 4.69) is 4.74 Å². The van der Waals surface area contributed by atoms with Crippen LogP contribution in [0.15, 0.2) is 30.3 Å². The van der Waals surface area contributed by atoms with Crippen molar-refractivity contribution < 1.29 is 19.1 Å². The molecule has 0 amide bonds. The Balaban J connectivity index is 2.67. The fraction of sp³-hybridized carbons (Fsp3) is 0.333. The number of rotatable bonds is 5. The Kier molecular flexibility index (Phi) is 5.73. The van der Waals surface area contributed by atoms with E-state index in [1.807, 2.05) is 11.9 Å². The minimum absolute atomic E-state index is 0.232. The first-order chi connectivity index (χ1) is 8.19. The summed E-state index contributed by atoms with van der Waals surface area (Å²) in [6, 6.07) is 8.59. The molecule has 4 nitrogen and oxygen atoms in total. The van der Waals surface area contributed by atoms with Crippen LogP contribution < -0.4 is 0 Å². The van der Waals surface area contributed by atoms with Crippen LogP contribution in [0, 0.1) is 0 Å². The molecule has 1 aromatic rings. The van der Waals surface area contributed by atoms with Gasteiger partial charge in [-0.15, -0.1) is 0 Å². The van der Waals surface area contributed by atoms with E-state index in [0.717, 1.165) is 0 Å². The second-order valence-electron chi connectivity index (χ2n) is 3.24. The topological polar surface area (TPSA) is 52.6 Å². The summed E-state index contributed by atoms with van der Waals surface area (Å²) in [6.45, 7) is 0. The number of benzene rings is 1. The molecule has 92 valence electrons. The molecule has 0 saturated heterocycles. The van der Waals surface area contributed by atoms with Gasteiger partial charge in [-0.05, 0) is 0 Å². The van der Waals surface area contributed by atoms with E-state index < -0.39 is 18.0 Å². The first-order valence-corrected chi connectivity index (χ1v) is 7.94. The number of carbonyl (C=O) groups is 2. The number of ether oxygens (including phenoxy) is 2. The molecule has 0 heterocycles. The zero-order valence-corrected chi connectivity index (χ0v) is 11.4. The summed E-state index contributed by atoms with van der Waals surface area (Å²) in [5.74, 6) is 0.975. The zero-order valence-electron chi connectivity index (χ0n) is 9.71. The van der Waals surface area contributed by atoms with Crippen LogP contribution >= 0.6 is 0 Å². The monoisotopic (exact) mass is 302 g/mol. The summed E-state index contributed by atoms with van der Waals surface area (Å²) in [5.41, 5.74) is 0.435. The Hall–Kier alpha value is -1.32. The van der Waals surface area contributed by atoms with Gasteiger partial charge in [0.1, 0.15) is 0 Å². The van der Waals surface area contributed by atoms with Gasteiger partial charge in [0.15, 0.2) is 0 Å². The second kappa shape index (κ2) is 7.09. The van der Waals surface area contributed by atoms with Crippen molar-refractivity contribution in [1.82, 2.24) is 0 Å². The molecule has 0 aromatic heterocycles. The molecule has 0 aliphatic carbocycles. The molecule has 0 spiro atoms. The zero-order chi connectivity index (χ0) is 12.7. The van der Waals surface area contributed by atoms with E-state index in [1.165, 1.54) is 7.11 Å². The van der Waals surface area contributed by atoms with Gasteiger partial charge in [0, 0.05) is 0 Å². The molecule has 5 heteroatoms. The van der Waals surface area contributed by atoms with Crippen LogP contribution in [0.1, 0.15) is 10.4 Å². The molecule has 17 heavy (non-hydrogen) atoms. The molecular weight excluding hydrogens is 287 g/mol. The number of carbonyl (C=O) groups excluding carboxylic acids is 2. The van der Waals surface area contributed by atoms with E-state index in [4.69, 9.17) is 4.74 Å². The van der Waals surface area contributed by atoms with Gasteiger partial charge >= 0.3 is 106 Å². The first kappa shape index (κ1) is 13.7. The number of esters is 2. The molecule has 0 fully saturated rings. The van der Waals surface area contributed by atoms with Crippen LogP contribution in [0.3, 0.4) is 0 Å². The SMILES string of the molecule is COC(=O)C(C[Se]C)OC(=O)c1ccccc1. The Bertz CT molecular complexity index is 377. The van der Waals surface area contributed by atoms with Crippen molar-refractivity contribution in [2.45, 2.75) is 17.2 Å². The van der Waals surface area contributed by atoms with Gasteiger partial charge in [0.05, 0.1) is 0 Å². The van der Waals surface area contributed by atoms with Crippen LogP contribution in [0.2, 0.25) is 11.1 Å². The van der Waals surface area contributed by atoms with Gasteiger partial charge in [-0.25, -0.2) is 0 Å². The molecule has 0 N–H and O–H groups in total.